The molecule has 0 amide bonds. The summed E-state index contributed by atoms with van der Waals surface area (Å²) in [5, 5.41) is 9.62. The van der Waals surface area contributed by atoms with Gasteiger partial charge in [-0.15, -0.1) is 11.3 Å². The molecule has 0 atom stereocenters. The standard InChI is InChI=1S/C69H43NOS/c1-2-15-48(16-3-1)69(62-25-9-6-18-56(62)57-19-7-10-26-63(57)69)49-35-41-52(42-36-49)70(51-39-32-46(33-40-51)55-22-13-24-61-58-20-8-11-27-64(58)72-68(55)61)50-37-30-45(31-38-50)54-21-12-23-59-60-43-34-47-29-28-44-14-4-5-17-53(44)65(47)67(60)71-66(54)59/h1-43H. The topological polar surface area (TPSA) is 16.4 Å². The fourth-order valence-electron chi connectivity index (χ4n) is 12.1. The molecule has 0 spiro atoms. The molecule has 0 bridgehead atoms. The molecular formula is C69H43NOS. The van der Waals surface area contributed by atoms with E-state index in [2.05, 4.69) is 266 Å². The summed E-state index contributed by atoms with van der Waals surface area (Å²) in [4.78, 5) is 2.39. The van der Waals surface area contributed by atoms with Gasteiger partial charge in [-0.1, -0.05) is 212 Å². The van der Waals surface area contributed by atoms with Crippen LogP contribution in [0.5, 0.6) is 0 Å². The van der Waals surface area contributed by atoms with Gasteiger partial charge in [0.2, 0.25) is 0 Å². The van der Waals surface area contributed by atoms with Crippen molar-refractivity contribution in [2.24, 2.45) is 0 Å². The second kappa shape index (κ2) is 16.0. The van der Waals surface area contributed by atoms with E-state index in [4.69, 9.17) is 4.42 Å². The maximum atomic E-state index is 6.99. The number of benzene rings is 12. The lowest BCUT2D eigenvalue weighted by Gasteiger charge is -2.34. The molecule has 0 unspecified atom stereocenters. The molecule has 0 aliphatic heterocycles. The Balaban J connectivity index is 0.872. The molecule has 2 nitrogen and oxygen atoms in total. The third-order valence-electron chi connectivity index (χ3n) is 15.4. The molecule has 2 aromatic heterocycles. The molecule has 0 N–H and O–H groups in total. The van der Waals surface area contributed by atoms with Crippen molar-refractivity contribution in [2.75, 3.05) is 4.90 Å². The van der Waals surface area contributed by atoms with Crippen molar-refractivity contribution >= 4 is 92.1 Å². The monoisotopic (exact) mass is 933 g/mol. The molecule has 0 saturated heterocycles. The van der Waals surface area contributed by atoms with Crippen LogP contribution < -0.4 is 4.90 Å². The van der Waals surface area contributed by atoms with Gasteiger partial charge in [-0.25, -0.2) is 0 Å². The van der Waals surface area contributed by atoms with E-state index in [0.717, 1.165) is 55.5 Å². The van der Waals surface area contributed by atoms with Crippen LogP contribution in [-0.4, -0.2) is 0 Å². The van der Waals surface area contributed by atoms with E-state index in [1.165, 1.54) is 80.8 Å². The maximum Gasteiger partial charge on any atom is 0.143 e. The highest BCUT2D eigenvalue weighted by Gasteiger charge is 2.45. The van der Waals surface area contributed by atoms with E-state index >= 15 is 0 Å². The van der Waals surface area contributed by atoms with Crippen LogP contribution in [0.3, 0.4) is 0 Å². The van der Waals surface area contributed by atoms with Crippen molar-refractivity contribution in [1.29, 1.82) is 0 Å². The maximum absolute atomic E-state index is 6.99. The lowest BCUT2D eigenvalue weighted by molar-refractivity contribution is 0.674. The van der Waals surface area contributed by atoms with Gasteiger partial charge in [-0.2, -0.15) is 0 Å². The van der Waals surface area contributed by atoms with Crippen LogP contribution in [0.2, 0.25) is 0 Å². The first-order chi connectivity index (χ1) is 35.7. The highest BCUT2D eigenvalue weighted by atomic mass is 32.1. The molecule has 0 radical (unpaired) electrons. The van der Waals surface area contributed by atoms with Crippen LogP contribution in [-0.2, 0) is 5.41 Å². The molecule has 0 fully saturated rings. The largest absolute Gasteiger partial charge is 0.455 e. The Morgan fingerprint density at radius 3 is 1.54 bits per heavy atom. The van der Waals surface area contributed by atoms with E-state index < -0.39 is 5.41 Å². The van der Waals surface area contributed by atoms with Gasteiger partial charge in [0.25, 0.3) is 0 Å². The molecule has 1 aliphatic carbocycles. The van der Waals surface area contributed by atoms with Crippen molar-refractivity contribution < 1.29 is 4.42 Å². The lowest BCUT2D eigenvalue weighted by Crippen LogP contribution is -2.28. The third-order valence-corrected chi connectivity index (χ3v) is 16.6. The Bertz CT molecular complexity index is 4390. The molecular weight excluding hydrogens is 891 g/mol. The average molecular weight is 934 g/mol. The minimum atomic E-state index is -0.480. The number of furan rings is 1. The smallest absolute Gasteiger partial charge is 0.143 e. The molecule has 15 rings (SSSR count). The Morgan fingerprint density at radius 1 is 0.319 bits per heavy atom. The number of nitrogens with zero attached hydrogens (tertiary/aromatic N) is 1. The highest BCUT2D eigenvalue weighted by molar-refractivity contribution is 7.26. The van der Waals surface area contributed by atoms with E-state index in [1.54, 1.807) is 0 Å². The molecule has 14 aromatic rings. The van der Waals surface area contributed by atoms with Gasteiger partial charge < -0.3 is 9.32 Å². The number of para-hydroxylation sites is 1. The Hall–Kier alpha value is -9.02. The summed E-state index contributed by atoms with van der Waals surface area (Å²) in [6.45, 7) is 0. The lowest BCUT2D eigenvalue weighted by atomic mass is 9.68. The highest BCUT2D eigenvalue weighted by Crippen LogP contribution is 2.56. The predicted molar refractivity (Wildman–Crippen MR) is 304 cm³/mol. The Morgan fingerprint density at radius 2 is 0.819 bits per heavy atom. The van der Waals surface area contributed by atoms with Crippen LogP contribution in [0.25, 0.3) is 97.0 Å². The molecule has 336 valence electrons. The molecule has 12 aromatic carbocycles. The number of fused-ring (bicyclic) bond motifs is 13. The van der Waals surface area contributed by atoms with Crippen LogP contribution >= 0.6 is 11.3 Å². The van der Waals surface area contributed by atoms with Gasteiger partial charge in [-0.3, -0.25) is 0 Å². The average Bonchev–Trinajstić information content (AvgIpc) is 4.13. The fraction of sp³-hybridized carbons (Fsp3) is 0.0145. The third kappa shape index (κ3) is 6.01. The second-order valence-electron chi connectivity index (χ2n) is 19.1. The van der Waals surface area contributed by atoms with Crippen LogP contribution in [0.1, 0.15) is 22.3 Å². The first kappa shape index (κ1) is 40.8. The zero-order valence-electron chi connectivity index (χ0n) is 39.1. The summed E-state index contributed by atoms with van der Waals surface area (Å²) in [6.07, 6.45) is 0. The van der Waals surface area contributed by atoms with Crippen molar-refractivity contribution in [3.05, 3.63) is 283 Å². The molecule has 1 aliphatic rings. The molecule has 0 saturated carbocycles. The molecule has 2 heterocycles. The van der Waals surface area contributed by atoms with Gasteiger partial charge in [0.1, 0.15) is 11.2 Å². The Labute approximate surface area is 420 Å². The summed E-state index contributed by atoms with van der Waals surface area (Å²) in [7, 11) is 0. The summed E-state index contributed by atoms with van der Waals surface area (Å²) in [5.41, 5.74) is 16.9. The second-order valence-corrected chi connectivity index (χ2v) is 20.1. The quantitative estimate of drug-likeness (QED) is 0.148. The van der Waals surface area contributed by atoms with Crippen molar-refractivity contribution in [3.63, 3.8) is 0 Å². The van der Waals surface area contributed by atoms with Crippen LogP contribution in [0.15, 0.2) is 265 Å². The van der Waals surface area contributed by atoms with E-state index in [-0.39, 0.29) is 0 Å². The first-order valence-corrected chi connectivity index (χ1v) is 25.5. The predicted octanol–water partition coefficient (Wildman–Crippen LogP) is 19.4. The van der Waals surface area contributed by atoms with Crippen molar-refractivity contribution in [3.8, 4) is 33.4 Å². The summed E-state index contributed by atoms with van der Waals surface area (Å²) >= 11 is 1.87. The normalized spacial score (nSPS) is 12.8. The minimum Gasteiger partial charge on any atom is -0.455 e. The van der Waals surface area contributed by atoms with Gasteiger partial charge in [0.15, 0.2) is 0 Å². The minimum absolute atomic E-state index is 0.480. The number of hydrogen-bond acceptors (Lipinski definition) is 3. The van der Waals surface area contributed by atoms with Crippen molar-refractivity contribution in [2.45, 2.75) is 5.41 Å². The molecule has 72 heavy (non-hydrogen) atoms. The van der Waals surface area contributed by atoms with E-state index in [0.29, 0.717) is 0 Å². The molecule has 3 heteroatoms. The zero-order chi connectivity index (χ0) is 47.3. The number of hydrogen-bond donors (Lipinski definition) is 0. The number of thiophene rings is 1. The zero-order valence-corrected chi connectivity index (χ0v) is 39.9. The number of anilines is 3. The van der Waals surface area contributed by atoms with Gasteiger partial charge in [0, 0.05) is 59.0 Å². The van der Waals surface area contributed by atoms with Crippen molar-refractivity contribution in [1.82, 2.24) is 0 Å². The SMILES string of the molecule is c1ccc(C2(c3ccc(N(c4ccc(-c5cccc6c5oc5c6ccc6ccc7ccccc7c65)cc4)c4ccc(-c5cccc6c5sc5ccccc56)cc4)cc3)c3ccccc3-c3ccccc32)cc1. The summed E-state index contributed by atoms with van der Waals surface area (Å²) in [5.74, 6) is 0. The van der Waals surface area contributed by atoms with E-state index in [1.807, 2.05) is 11.3 Å². The number of rotatable bonds is 7. The summed E-state index contributed by atoms with van der Waals surface area (Å²) < 4.78 is 9.62. The first-order valence-electron chi connectivity index (χ1n) is 24.7. The fourth-order valence-corrected chi connectivity index (χ4v) is 13.4. The van der Waals surface area contributed by atoms with Gasteiger partial charge in [-0.05, 0) is 115 Å². The van der Waals surface area contributed by atoms with Gasteiger partial charge >= 0.3 is 0 Å². The summed E-state index contributed by atoms with van der Waals surface area (Å²) in [6, 6.07) is 95.9. The Kier molecular flexibility index (Phi) is 9.08. The van der Waals surface area contributed by atoms with Crippen LogP contribution in [0, 0.1) is 0 Å². The van der Waals surface area contributed by atoms with E-state index in [9.17, 15) is 0 Å². The van der Waals surface area contributed by atoms with Crippen LogP contribution in [0.4, 0.5) is 17.1 Å². The van der Waals surface area contributed by atoms with Gasteiger partial charge in [0.05, 0.1) is 5.41 Å².